The number of hydrogen-bond acceptors (Lipinski definition) is 3. The van der Waals surface area contributed by atoms with Crippen LogP contribution in [0.4, 0.5) is 4.79 Å². The molecule has 0 aromatic carbocycles. The molecule has 1 amide bonds. The van der Waals surface area contributed by atoms with Crippen molar-refractivity contribution in [1.29, 1.82) is 0 Å². The highest BCUT2D eigenvalue weighted by atomic mass is 16.5. The molecular formula is C10H18N2O3. The third-order valence-electron chi connectivity index (χ3n) is 3.56. The van der Waals surface area contributed by atoms with E-state index in [1.54, 1.807) is 0 Å². The van der Waals surface area contributed by atoms with Crippen LogP contribution in [0.5, 0.6) is 0 Å². The van der Waals surface area contributed by atoms with Crippen LogP contribution in [0.2, 0.25) is 0 Å². The van der Waals surface area contributed by atoms with E-state index in [-0.39, 0.29) is 5.60 Å². The second-order valence-electron chi connectivity index (χ2n) is 4.45. The van der Waals surface area contributed by atoms with Crippen LogP contribution >= 0.6 is 0 Å². The minimum atomic E-state index is -0.812. The van der Waals surface area contributed by atoms with Crippen molar-refractivity contribution in [3.05, 3.63) is 0 Å². The smallest absolute Gasteiger partial charge is 0.407 e. The number of likely N-dealkylation sites (tertiary alicyclic amines) is 1. The summed E-state index contributed by atoms with van der Waals surface area (Å²) >= 11 is 0. The third-order valence-corrected chi connectivity index (χ3v) is 3.56. The summed E-state index contributed by atoms with van der Waals surface area (Å²) in [6, 6.07) is 0.432. The van der Waals surface area contributed by atoms with Gasteiger partial charge in [0.05, 0.1) is 12.2 Å². The normalized spacial score (nSPS) is 29.7. The van der Waals surface area contributed by atoms with Crippen LogP contribution in [-0.4, -0.2) is 54.5 Å². The SMILES string of the molecule is CNC1COC2(CCN(C(=O)O)CC2)C1. The topological polar surface area (TPSA) is 61.8 Å². The first-order valence-corrected chi connectivity index (χ1v) is 5.44. The second-order valence-corrected chi connectivity index (χ2v) is 4.45. The van der Waals surface area contributed by atoms with Crippen molar-refractivity contribution in [3.8, 4) is 0 Å². The fourth-order valence-corrected chi connectivity index (χ4v) is 2.48. The number of hydrogen-bond donors (Lipinski definition) is 2. The molecule has 2 rings (SSSR count). The average molecular weight is 214 g/mol. The number of rotatable bonds is 1. The van der Waals surface area contributed by atoms with E-state index >= 15 is 0 Å². The maximum atomic E-state index is 10.8. The van der Waals surface area contributed by atoms with Gasteiger partial charge in [-0.05, 0) is 26.3 Å². The van der Waals surface area contributed by atoms with Crippen molar-refractivity contribution >= 4 is 6.09 Å². The van der Waals surface area contributed by atoms with Crippen LogP contribution in [-0.2, 0) is 4.74 Å². The van der Waals surface area contributed by atoms with E-state index < -0.39 is 6.09 Å². The molecule has 0 aliphatic carbocycles. The molecule has 0 radical (unpaired) electrons. The number of likely N-dealkylation sites (N-methyl/N-ethyl adjacent to an activating group) is 1. The molecule has 2 N–H and O–H groups in total. The highest BCUT2D eigenvalue weighted by Crippen LogP contribution is 2.35. The van der Waals surface area contributed by atoms with E-state index in [0.717, 1.165) is 25.9 Å². The molecule has 5 nitrogen and oxygen atoms in total. The second kappa shape index (κ2) is 3.98. The highest BCUT2D eigenvalue weighted by Gasteiger charge is 2.42. The van der Waals surface area contributed by atoms with Gasteiger partial charge in [0.25, 0.3) is 0 Å². The number of carbonyl (C=O) groups is 1. The lowest BCUT2D eigenvalue weighted by Crippen LogP contribution is -2.46. The van der Waals surface area contributed by atoms with Gasteiger partial charge >= 0.3 is 6.09 Å². The molecule has 2 aliphatic heterocycles. The van der Waals surface area contributed by atoms with Crippen molar-refractivity contribution < 1.29 is 14.6 Å². The average Bonchev–Trinajstić information content (AvgIpc) is 2.62. The van der Waals surface area contributed by atoms with E-state index in [2.05, 4.69) is 5.32 Å². The van der Waals surface area contributed by atoms with Gasteiger partial charge in [0.15, 0.2) is 0 Å². The molecule has 0 bridgehead atoms. The molecule has 0 aromatic heterocycles. The van der Waals surface area contributed by atoms with Gasteiger partial charge in [-0.25, -0.2) is 4.79 Å². The minimum Gasteiger partial charge on any atom is -0.465 e. The molecule has 1 atom stereocenters. The molecular weight excluding hydrogens is 196 g/mol. The molecule has 0 saturated carbocycles. The fourth-order valence-electron chi connectivity index (χ4n) is 2.48. The molecule has 2 fully saturated rings. The van der Waals surface area contributed by atoms with Crippen molar-refractivity contribution in [1.82, 2.24) is 10.2 Å². The van der Waals surface area contributed by atoms with E-state index in [1.807, 2.05) is 7.05 Å². The zero-order valence-electron chi connectivity index (χ0n) is 9.03. The Hall–Kier alpha value is -0.810. The lowest BCUT2D eigenvalue weighted by molar-refractivity contribution is -0.0395. The first kappa shape index (κ1) is 10.7. The number of carboxylic acid groups (broad SMARTS) is 1. The van der Waals surface area contributed by atoms with Crippen LogP contribution in [0.15, 0.2) is 0 Å². The lowest BCUT2D eigenvalue weighted by atomic mass is 9.87. The zero-order valence-corrected chi connectivity index (χ0v) is 9.03. The summed E-state index contributed by atoms with van der Waals surface area (Å²) in [4.78, 5) is 12.2. The summed E-state index contributed by atoms with van der Waals surface area (Å²) < 4.78 is 5.83. The summed E-state index contributed by atoms with van der Waals surface area (Å²) in [6.45, 7) is 1.96. The van der Waals surface area contributed by atoms with Crippen LogP contribution in [0.1, 0.15) is 19.3 Å². The first-order chi connectivity index (χ1) is 7.15. The number of amides is 1. The van der Waals surface area contributed by atoms with Crippen LogP contribution in [0.25, 0.3) is 0 Å². The van der Waals surface area contributed by atoms with E-state index in [1.165, 1.54) is 4.90 Å². The van der Waals surface area contributed by atoms with Crippen molar-refractivity contribution in [2.45, 2.75) is 30.9 Å². The van der Waals surface area contributed by atoms with Crippen molar-refractivity contribution in [2.75, 3.05) is 26.7 Å². The largest absolute Gasteiger partial charge is 0.465 e. The quantitative estimate of drug-likeness (QED) is 0.667. The van der Waals surface area contributed by atoms with E-state index in [0.29, 0.717) is 19.1 Å². The maximum Gasteiger partial charge on any atom is 0.407 e. The van der Waals surface area contributed by atoms with Gasteiger partial charge in [-0.15, -0.1) is 0 Å². The molecule has 2 saturated heterocycles. The Labute approximate surface area is 89.4 Å². The Morgan fingerprint density at radius 3 is 2.67 bits per heavy atom. The van der Waals surface area contributed by atoms with Gasteiger partial charge in [0.1, 0.15) is 0 Å². The molecule has 5 heteroatoms. The molecule has 1 spiro atoms. The minimum absolute atomic E-state index is 0.0559. The van der Waals surface area contributed by atoms with Crippen molar-refractivity contribution in [2.24, 2.45) is 0 Å². The monoisotopic (exact) mass is 214 g/mol. The van der Waals surface area contributed by atoms with Crippen LogP contribution < -0.4 is 5.32 Å². The highest BCUT2D eigenvalue weighted by molar-refractivity contribution is 5.65. The molecule has 15 heavy (non-hydrogen) atoms. The third kappa shape index (κ3) is 2.08. The van der Waals surface area contributed by atoms with Gasteiger partial charge in [0.2, 0.25) is 0 Å². The van der Waals surface area contributed by atoms with Gasteiger partial charge in [0, 0.05) is 19.1 Å². The maximum absolute atomic E-state index is 10.8. The van der Waals surface area contributed by atoms with Gasteiger partial charge < -0.3 is 20.1 Å². The summed E-state index contributed by atoms with van der Waals surface area (Å²) in [5, 5.41) is 12.1. The Bertz CT molecular complexity index is 249. The molecule has 86 valence electrons. The zero-order chi connectivity index (χ0) is 10.9. The van der Waals surface area contributed by atoms with E-state index in [9.17, 15) is 4.79 Å². The summed E-state index contributed by atoms with van der Waals surface area (Å²) in [5.74, 6) is 0. The predicted molar refractivity (Wildman–Crippen MR) is 55.0 cm³/mol. The number of ether oxygens (including phenoxy) is 1. The van der Waals surface area contributed by atoms with Gasteiger partial charge in [-0.3, -0.25) is 0 Å². The number of piperidine rings is 1. The lowest BCUT2D eigenvalue weighted by Gasteiger charge is -2.37. The molecule has 0 aromatic rings. The molecule has 1 unspecified atom stereocenters. The van der Waals surface area contributed by atoms with Crippen molar-refractivity contribution in [3.63, 3.8) is 0 Å². The Morgan fingerprint density at radius 2 is 2.20 bits per heavy atom. The Morgan fingerprint density at radius 1 is 1.53 bits per heavy atom. The summed E-state index contributed by atoms with van der Waals surface area (Å²) in [5.41, 5.74) is -0.0559. The summed E-state index contributed by atoms with van der Waals surface area (Å²) in [7, 11) is 1.94. The van der Waals surface area contributed by atoms with Crippen LogP contribution in [0.3, 0.4) is 0 Å². The molecule has 2 aliphatic rings. The predicted octanol–water partition coefficient (Wildman–Crippen LogP) is 0.507. The fraction of sp³-hybridized carbons (Fsp3) is 0.900. The number of nitrogens with one attached hydrogen (secondary N) is 1. The number of nitrogens with zero attached hydrogens (tertiary/aromatic N) is 1. The first-order valence-electron chi connectivity index (χ1n) is 5.44. The Kier molecular flexibility index (Phi) is 2.84. The van der Waals surface area contributed by atoms with Gasteiger partial charge in [-0.1, -0.05) is 0 Å². The van der Waals surface area contributed by atoms with Crippen LogP contribution in [0, 0.1) is 0 Å². The molecule has 2 heterocycles. The Balaban J connectivity index is 1.90. The van der Waals surface area contributed by atoms with Gasteiger partial charge in [-0.2, -0.15) is 0 Å². The summed E-state index contributed by atoms with van der Waals surface area (Å²) in [6.07, 6.45) is 1.86. The standard InChI is InChI=1S/C10H18N2O3/c1-11-8-6-10(15-7-8)2-4-12(5-3-10)9(13)14/h8,11H,2-7H2,1H3,(H,13,14). The van der Waals surface area contributed by atoms with E-state index in [4.69, 9.17) is 9.84 Å².